The van der Waals surface area contributed by atoms with Gasteiger partial charge in [-0.2, -0.15) is 0 Å². The predicted molar refractivity (Wildman–Crippen MR) is 83.7 cm³/mol. The number of carbonyl (C=O) groups is 2. The average molecular weight is 305 g/mol. The van der Waals surface area contributed by atoms with Gasteiger partial charge in [0.05, 0.1) is 0 Å². The minimum atomic E-state index is -0.987. The first-order valence-corrected chi connectivity index (χ1v) is 7.57. The zero-order valence-corrected chi connectivity index (χ0v) is 12.8. The molecule has 1 unspecified atom stereocenters. The molecule has 0 aliphatic carbocycles. The molecule has 1 aromatic rings. The molecule has 2 rings (SSSR count). The van der Waals surface area contributed by atoms with Gasteiger partial charge in [-0.05, 0) is 24.0 Å². The van der Waals surface area contributed by atoms with Gasteiger partial charge in [0.2, 0.25) is 5.91 Å². The number of amides is 2. The number of likely N-dealkylation sites (tertiary alicyclic amines) is 1. The van der Waals surface area contributed by atoms with Gasteiger partial charge in [0.25, 0.3) is 0 Å². The number of nitrogens with zero attached hydrogens (tertiary/aromatic N) is 1. The van der Waals surface area contributed by atoms with Gasteiger partial charge in [-0.25, -0.2) is 4.79 Å². The lowest BCUT2D eigenvalue weighted by Gasteiger charge is -2.16. The second kappa shape index (κ2) is 7.79. The Morgan fingerprint density at radius 2 is 1.95 bits per heavy atom. The number of benzene rings is 1. The first-order chi connectivity index (χ1) is 10.5. The van der Waals surface area contributed by atoms with Crippen LogP contribution in [0.4, 0.5) is 4.79 Å². The monoisotopic (exact) mass is 305 g/mol. The maximum Gasteiger partial charge on any atom is 0.404 e. The molecule has 1 heterocycles. The Kier molecular flexibility index (Phi) is 5.77. The summed E-state index contributed by atoms with van der Waals surface area (Å²) in [5.74, 6) is 0.0335. The van der Waals surface area contributed by atoms with Crippen molar-refractivity contribution in [1.29, 1.82) is 0 Å². The molecular weight excluding hydrogens is 282 g/mol. The van der Waals surface area contributed by atoms with Crippen LogP contribution >= 0.6 is 0 Å². The zero-order chi connectivity index (χ0) is 15.9. The van der Waals surface area contributed by atoms with Crippen LogP contribution in [0.2, 0.25) is 0 Å². The van der Waals surface area contributed by atoms with Gasteiger partial charge in [-0.1, -0.05) is 24.3 Å². The van der Waals surface area contributed by atoms with Crippen molar-refractivity contribution in [1.82, 2.24) is 15.5 Å². The predicted octanol–water partition coefficient (Wildman–Crippen LogP) is 1.21. The van der Waals surface area contributed by atoms with E-state index in [0.717, 1.165) is 31.6 Å². The van der Waals surface area contributed by atoms with E-state index in [1.807, 2.05) is 12.1 Å². The van der Waals surface area contributed by atoms with E-state index in [1.54, 1.807) is 6.92 Å². The molecule has 6 heteroatoms. The molecule has 1 aliphatic rings. The Bertz CT molecular complexity index is 516. The quantitative estimate of drug-likeness (QED) is 0.738. The minimum absolute atomic E-state index is 0.0335. The third-order valence-electron chi connectivity index (χ3n) is 3.80. The van der Waals surface area contributed by atoms with Gasteiger partial charge in [-0.3, -0.25) is 9.69 Å². The van der Waals surface area contributed by atoms with E-state index in [2.05, 4.69) is 27.7 Å². The molecule has 0 aromatic heterocycles. The molecule has 3 N–H and O–H groups in total. The molecule has 1 aliphatic heterocycles. The molecule has 6 nitrogen and oxygen atoms in total. The summed E-state index contributed by atoms with van der Waals surface area (Å²) in [5, 5.41) is 13.9. The fraction of sp³-hybridized carbons (Fsp3) is 0.500. The molecule has 0 saturated carbocycles. The molecule has 0 bridgehead atoms. The molecule has 1 saturated heterocycles. The van der Waals surface area contributed by atoms with E-state index in [-0.39, 0.29) is 11.9 Å². The van der Waals surface area contributed by atoms with E-state index in [9.17, 15) is 9.59 Å². The number of rotatable bonds is 6. The van der Waals surface area contributed by atoms with Crippen molar-refractivity contribution in [3.05, 3.63) is 35.4 Å². The minimum Gasteiger partial charge on any atom is -0.465 e. The average Bonchev–Trinajstić information content (AvgIpc) is 2.87. The molecule has 120 valence electrons. The summed E-state index contributed by atoms with van der Waals surface area (Å²) in [6, 6.07) is 8.52. The highest BCUT2D eigenvalue weighted by Gasteiger charge is 2.22. The fourth-order valence-corrected chi connectivity index (χ4v) is 2.76. The van der Waals surface area contributed by atoms with Crippen LogP contribution in [-0.4, -0.2) is 47.7 Å². The summed E-state index contributed by atoms with van der Waals surface area (Å²) < 4.78 is 0. The second-order valence-corrected chi connectivity index (χ2v) is 5.72. The van der Waals surface area contributed by atoms with Gasteiger partial charge in [0.15, 0.2) is 0 Å². The molecule has 2 amide bonds. The smallest absolute Gasteiger partial charge is 0.404 e. The van der Waals surface area contributed by atoms with Crippen LogP contribution < -0.4 is 10.6 Å². The first-order valence-electron chi connectivity index (χ1n) is 7.57. The number of carbonyl (C=O) groups excluding carboxylic acids is 1. The van der Waals surface area contributed by atoms with Gasteiger partial charge < -0.3 is 15.7 Å². The maximum atomic E-state index is 11.1. The Hall–Kier alpha value is -2.08. The summed E-state index contributed by atoms with van der Waals surface area (Å²) >= 11 is 0. The van der Waals surface area contributed by atoms with Gasteiger partial charge >= 0.3 is 6.09 Å². The van der Waals surface area contributed by atoms with Crippen LogP contribution in [0.15, 0.2) is 24.3 Å². The summed E-state index contributed by atoms with van der Waals surface area (Å²) in [4.78, 5) is 23.8. The highest BCUT2D eigenvalue weighted by molar-refractivity contribution is 5.73. The fourth-order valence-electron chi connectivity index (χ4n) is 2.76. The Balaban J connectivity index is 1.77. The third kappa shape index (κ3) is 5.37. The van der Waals surface area contributed by atoms with Crippen LogP contribution in [-0.2, 0) is 17.8 Å². The molecule has 0 spiro atoms. The number of hydrogen-bond donors (Lipinski definition) is 3. The summed E-state index contributed by atoms with van der Waals surface area (Å²) in [7, 11) is 0. The van der Waals surface area contributed by atoms with Crippen molar-refractivity contribution in [3.63, 3.8) is 0 Å². The van der Waals surface area contributed by atoms with Gasteiger partial charge in [-0.15, -0.1) is 0 Å². The number of carboxylic acid groups (broad SMARTS) is 1. The van der Waals surface area contributed by atoms with Crippen LogP contribution in [0.25, 0.3) is 0 Å². The topological polar surface area (TPSA) is 81.7 Å². The van der Waals surface area contributed by atoms with Crippen LogP contribution in [0.3, 0.4) is 0 Å². The lowest BCUT2D eigenvalue weighted by molar-refractivity contribution is -0.119. The van der Waals surface area contributed by atoms with Gasteiger partial charge in [0, 0.05) is 39.1 Å². The van der Waals surface area contributed by atoms with E-state index in [0.29, 0.717) is 13.0 Å². The summed E-state index contributed by atoms with van der Waals surface area (Å²) in [6.45, 7) is 4.75. The Morgan fingerprint density at radius 3 is 2.59 bits per heavy atom. The molecule has 0 radical (unpaired) electrons. The lowest BCUT2D eigenvalue weighted by Crippen LogP contribution is -2.35. The molecule has 1 aromatic carbocycles. The standard InChI is InChI=1S/C16H23N3O3/c1-12(20)18-15-7-9-19(11-15)10-14-4-2-13(3-5-14)6-8-17-16(21)22/h2-5,15,17H,6-11H2,1H3,(H,18,20)(H,21,22). The largest absolute Gasteiger partial charge is 0.465 e. The van der Waals surface area contributed by atoms with Crippen LogP contribution in [0, 0.1) is 0 Å². The normalized spacial score (nSPS) is 18.1. The van der Waals surface area contributed by atoms with Crippen molar-refractivity contribution >= 4 is 12.0 Å². The molecule has 1 fully saturated rings. The maximum absolute atomic E-state index is 11.1. The first kappa shape index (κ1) is 16.3. The van der Waals surface area contributed by atoms with Crippen molar-refractivity contribution in [2.24, 2.45) is 0 Å². The Labute approximate surface area is 130 Å². The molecular formula is C16H23N3O3. The van der Waals surface area contributed by atoms with E-state index in [1.165, 1.54) is 5.56 Å². The Morgan fingerprint density at radius 1 is 1.27 bits per heavy atom. The summed E-state index contributed by atoms with van der Waals surface area (Å²) in [5.41, 5.74) is 2.36. The van der Waals surface area contributed by atoms with Crippen LogP contribution in [0.5, 0.6) is 0 Å². The lowest BCUT2D eigenvalue weighted by atomic mass is 10.1. The number of hydrogen-bond acceptors (Lipinski definition) is 3. The molecule has 22 heavy (non-hydrogen) atoms. The SMILES string of the molecule is CC(=O)NC1CCN(Cc2ccc(CCNC(=O)O)cc2)C1. The van der Waals surface area contributed by atoms with E-state index < -0.39 is 6.09 Å². The zero-order valence-electron chi connectivity index (χ0n) is 12.8. The van der Waals surface area contributed by atoms with Crippen molar-refractivity contribution in [2.75, 3.05) is 19.6 Å². The highest BCUT2D eigenvalue weighted by atomic mass is 16.4. The van der Waals surface area contributed by atoms with Crippen molar-refractivity contribution < 1.29 is 14.7 Å². The van der Waals surface area contributed by atoms with Crippen molar-refractivity contribution in [3.8, 4) is 0 Å². The highest BCUT2D eigenvalue weighted by Crippen LogP contribution is 2.14. The summed E-state index contributed by atoms with van der Waals surface area (Å²) in [6.07, 6.45) is 0.707. The number of nitrogens with one attached hydrogen (secondary N) is 2. The third-order valence-corrected chi connectivity index (χ3v) is 3.80. The van der Waals surface area contributed by atoms with Gasteiger partial charge in [0.1, 0.15) is 0 Å². The van der Waals surface area contributed by atoms with E-state index in [4.69, 9.17) is 5.11 Å². The molecule has 1 atom stereocenters. The van der Waals surface area contributed by atoms with Crippen molar-refractivity contribution in [2.45, 2.75) is 32.4 Å². The van der Waals surface area contributed by atoms with E-state index >= 15 is 0 Å². The second-order valence-electron chi connectivity index (χ2n) is 5.72. The van der Waals surface area contributed by atoms with Crippen LogP contribution in [0.1, 0.15) is 24.5 Å².